The van der Waals surface area contributed by atoms with Crippen molar-refractivity contribution in [3.63, 3.8) is 0 Å². The van der Waals surface area contributed by atoms with Crippen molar-refractivity contribution in [3.05, 3.63) is 157 Å². The second-order valence-corrected chi connectivity index (χ2v) is 11.4. The lowest BCUT2D eigenvalue weighted by atomic mass is 10.0. The number of benzene rings is 6. The fraction of sp³-hybridized carbons (Fsp3) is 0.0250. The van der Waals surface area contributed by atoms with Crippen LogP contribution in [0.1, 0.15) is 5.56 Å². The molecule has 0 N–H and O–H groups in total. The molecular weight excluding hydrogens is 612 g/mol. The van der Waals surface area contributed by atoms with E-state index >= 15 is 0 Å². The highest BCUT2D eigenvalue weighted by molar-refractivity contribution is 6.10. The Morgan fingerprint density at radius 3 is 1.62 bits per heavy atom. The number of alkyl halides is 3. The summed E-state index contributed by atoms with van der Waals surface area (Å²) in [6, 6.07) is 42.2. The zero-order chi connectivity index (χ0) is 32.8. The Balaban J connectivity index is 1.43. The van der Waals surface area contributed by atoms with Crippen LogP contribution in [0.3, 0.4) is 0 Å². The van der Waals surface area contributed by atoms with Crippen LogP contribution >= 0.6 is 0 Å². The van der Waals surface area contributed by atoms with E-state index in [1.807, 2.05) is 108 Å². The van der Waals surface area contributed by atoms with Gasteiger partial charge < -0.3 is 4.57 Å². The molecule has 4 nitrogen and oxygen atoms in total. The first kappa shape index (κ1) is 29.3. The Morgan fingerprint density at radius 2 is 1.00 bits per heavy atom. The van der Waals surface area contributed by atoms with Gasteiger partial charge in [-0.15, -0.1) is 0 Å². The van der Waals surface area contributed by atoms with Gasteiger partial charge in [0.25, 0.3) is 0 Å². The number of halogens is 4. The first-order valence-electron chi connectivity index (χ1n) is 15.2. The third-order valence-electron chi connectivity index (χ3n) is 8.35. The smallest absolute Gasteiger partial charge is 0.309 e. The van der Waals surface area contributed by atoms with Crippen LogP contribution in [0.5, 0.6) is 0 Å². The Labute approximate surface area is 272 Å². The molecule has 0 saturated heterocycles. The molecule has 8 aromatic rings. The largest absolute Gasteiger partial charge is 0.416 e. The summed E-state index contributed by atoms with van der Waals surface area (Å²) in [6.07, 6.45) is -4.54. The molecule has 0 unspecified atom stereocenters. The lowest BCUT2D eigenvalue weighted by molar-refractivity contribution is -0.137. The Morgan fingerprint density at radius 1 is 0.458 bits per heavy atom. The van der Waals surface area contributed by atoms with E-state index in [0.717, 1.165) is 28.1 Å². The maximum Gasteiger partial charge on any atom is 0.416 e. The summed E-state index contributed by atoms with van der Waals surface area (Å²) in [5.74, 6) is 0.965. The van der Waals surface area contributed by atoms with E-state index in [0.29, 0.717) is 50.8 Å². The van der Waals surface area contributed by atoms with Gasteiger partial charge in [0.15, 0.2) is 17.5 Å². The monoisotopic (exact) mass is 636 g/mol. The summed E-state index contributed by atoms with van der Waals surface area (Å²) >= 11 is 0. The van der Waals surface area contributed by atoms with E-state index in [1.54, 1.807) is 12.1 Å². The third kappa shape index (κ3) is 5.27. The lowest BCUT2D eigenvalue weighted by Crippen LogP contribution is -2.05. The first-order chi connectivity index (χ1) is 23.3. The molecule has 0 spiro atoms. The number of hydrogen-bond donors (Lipinski definition) is 0. The normalized spacial score (nSPS) is 11.8. The van der Waals surface area contributed by atoms with Crippen molar-refractivity contribution in [1.29, 1.82) is 0 Å². The summed E-state index contributed by atoms with van der Waals surface area (Å²) in [4.78, 5) is 14.5. The number of nitrogens with zero attached hydrogens (tertiary/aromatic N) is 4. The van der Waals surface area contributed by atoms with Crippen molar-refractivity contribution in [2.75, 3.05) is 0 Å². The van der Waals surface area contributed by atoms with Gasteiger partial charge in [-0.25, -0.2) is 19.3 Å². The van der Waals surface area contributed by atoms with Crippen molar-refractivity contribution in [1.82, 2.24) is 19.5 Å². The van der Waals surface area contributed by atoms with Crippen molar-refractivity contribution >= 4 is 21.8 Å². The maximum absolute atomic E-state index is 14.1. The van der Waals surface area contributed by atoms with Gasteiger partial charge in [0.05, 0.1) is 22.3 Å². The Hall–Kier alpha value is -6.15. The molecule has 0 atom stereocenters. The van der Waals surface area contributed by atoms with Crippen LogP contribution in [0.15, 0.2) is 146 Å². The molecule has 0 radical (unpaired) electrons. The molecule has 8 rings (SSSR count). The molecule has 0 aliphatic rings. The molecule has 2 aromatic heterocycles. The van der Waals surface area contributed by atoms with Gasteiger partial charge in [-0.05, 0) is 42.0 Å². The van der Waals surface area contributed by atoms with Gasteiger partial charge in [0.2, 0.25) is 0 Å². The Kier molecular flexibility index (Phi) is 7.06. The van der Waals surface area contributed by atoms with Gasteiger partial charge in [0.1, 0.15) is 5.82 Å². The van der Waals surface area contributed by atoms with Crippen molar-refractivity contribution in [2.24, 2.45) is 0 Å². The predicted octanol–water partition coefficient (Wildman–Crippen LogP) is 10.8. The molecule has 48 heavy (non-hydrogen) atoms. The molecule has 0 amide bonds. The second kappa shape index (κ2) is 11.6. The van der Waals surface area contributed by atoms with E-state index < -0.39 is 17.6 Å². The second-order valence-electron chi connectivity index (χ2n) is 11.4. The number of rotatable bonds is 5. The summed E-state index contributed by atoms with van der Waals surface area (Å²) < 4.78 is 58.1. The topological polar surface area (TPSA) is 43.6 Å². The molecule has 6 aromatic carbocycles. The van der Waals surface area contributed by atoms with E-state index in [2.05, 4.69) is 0 Å². The summed E-state index contributed by atoms with van der Waals surface area (Å²) in [6.45, 7) is 0. The minimum absolute atomic E-state index is 0.386. The highest BCUT2D eigenvalue weighted by Gasteiger charge is 2.31. The van der Waals surface area contributed by atoms with Crippen molar-refractivity contribution in [3.8, 4) is 51.0 Å². The SMILES string of the molecule is Fc1ccc(-c2ccc(-c3nc(-c4ccccc4)nc(-c4ccccc4)n3)cc2-n2c3ccccc3c3ccc(C(F)(F)F)cc32)cc1. The minimum Gasteiger partial charge on any atom is -0.309 e. The van der Waals surface area contributed by atoms with Crippen LogP contribution in [0.25, 0.3) is 72.8 Å². The average Bonchev–Trinajstić information content (AvgIpc) is 3.45. The summed E-state index contributed by atoms with van der Waals surface area (Å²) in [5, 5.41) is 1.47. The van der Waals surface area contributed by atoms with Crippen LogP contribution < -0.4 is 0 Å². The molecule has 0 saturated carbocycles. The van der Waals surface area contributed by atoms with E-state index in [4.69, 9.17) is 15.0 Å². The summed E-state index contributed by atoms with van der Waals surface area (Å²) in [5.41, 5.74) is 4.58. The molecule has 0 aliphatic heterocycles. The van der Waals surface area contributed by atoms with Crippen LogP contribution in [0.2, 0.25) is 0 Å². The number of hydrogen-bond acceptors (Lipinski definition) is 3. The predicted molar refractivity (Wildman–Crippen MR) is 181 cm³/mol. The lowest BCUT2D eigenvalue weighted by Gasteiger charge is -2.17. The van der Waals surface area contributed by atoms with E-state index in [1.165, 1.54) is 24.3 Å². The minimum atomic E-state index is -4.54. The van der Waals surface area contributed by atoms with Crippen LogP contribution in [0, 0.1) is 5.82 Å². The zero-order valence-electron chi connectivity index (χ0n) is 25.2. The Bertz CT molecular complexity index is 2380. The van der Waals surface area contributed by atoms with E-state index in [9.17, 15) is 17.6 Å². The van der Waals surface area contributed by atoms with Gasteiger partial charge >= 0.3 is 6.18 Å². The fourth-order valence-corrected chi connectivity index (χ4v) is 6.07. The van der Waals surface area contributed by atoms with Crippen LogP contribution in [-0.4, -0.2) is 19.5 Å². The van der Waals surface area contributed by atoms with E-state index in [-0.39, 0.29) is 0 Å². The standard InChI is InChI=1S/C40H24F4N4/c41-30-19-15-25(16-20-30)31-21-17-28(39-46-37(26-9-3-1-4-10-26)45-38(47-39)27-11-5-2-6-12-27)23-35(31)48-34-14-8-7-13-32(34)33-22-18-29(24-36(33)48)40(42,43)44/h1-24H. The quantitative estimate of drug-likeness (QED) is 0.177. The van der Waals surface area contributed by atoms with Crippen molar-refractivity contribution in [2.45, 2.75) is 6.18 Å². The average molecular weight is 637 g/mol. The summed E-state index contributed by atoms with van der Waals surface area (Å²) in [7, 11) is 0. The molecule has 8 heteroatoms. The maximum atomic E-state index is 14.1. The molecule has 2 heterocycles. The van der Waals surface area contributed by atoms with Gasteiger partial charge in [-0.1, -0.05) is 109 Å². The van der Waals surface area contributed by atoms with Crippen LogP contribution in [0.4, 0.5) is 17.6 Å². The fourth-order valence-electron chi connectivity index (χ4n) is 6.07. The number of fused-ring (bicyclic) bond motifs is 3. The molecule has 0 bridgehead atoms. The molecule has 232 valence electrons. The van der Waals surface area contributed by atoms with Gasteiger partial charge in [0, 0.05) is 33.0 Å². The van der Waals surface area contributed by atoms with Gasteiger partial charge in [-0.3, -0.25) is 0 Å². The molecular formula is C40H24F4N4. The highest BCUT2D eigenvalue weighted by Crippen LogP contribution is 2.40. The third-order valence-corrected chi connectivity index (χ3v) is 8.35. The highest BCUT2D eigenvalue weighted by atomic mass is 19.4. The first-order valence-corrected chi connectivity index (χ1v) is 15.2. The van der Waals surface area contributed by atoms with Crippen LogP contribution in [-0.2, 0) is 6.18 Å². The number of para-hydroxylation sites is 1. The molecule has 0 aliphatic carbocycles. The van der Waals surface area contributed by atoms with Gasteiger partial charge in [-0.2, -0.15) is 13.2 Å². The molecule has 0 fully saturated rings. The van der Waals surface area contributed by atoms with Crippen molar-refractivity contribution < 1.29 is 17.6 Å². The number of aromatic nitrogens is 4. The zero-order valence-corrected chi connectivity index (χ0v) is 25.2.